The topological polar surface area (TPSA) is 121 Å². The number of azo groups is 1. The van der Waals surface area contributed by atoms with E-state index < -0.39 is 23.3 Å². The third-order valence-corrected chi connectivity index (χ3v) is 8.60. The van der Waals surface area contributed by atoms with Crippen molar-refractivity contribution >= 4 is 58.1 Å². The van der Waals surface area contributed by atoms with Crippen LogP contribution in [0.3, 0.4) is 0 Å². The molecular formula is C27H26N6O4S2. The first-order chi connectivity index (χ1) is 18.8. The second-order valence-corrected chi connectivity index (χ2v) is 11.4. The van der Waals surface area contributed by atoms with Crippen LogP contribution in [0.1, 0.15) is 4.88 Å². The number of carboxylic acids is 1. The number of fused-ring (bicyclic) bond motifs is 1. The lowest BCUT2D eigenvalue weighted by Gasteiger charge is -2.50. The number of amides is 2. The molecule has 12 heteroatoms. The van der Waals surface area contributed by atoms with E-state index in [1.165, 1.54) is 28.0 Å². The van der Waals surface area contributed by atoms with E-state index in [0.29, 0.717) is 22.8 Å². The summed E-state index contributed by atoms with van der Waals surface area (Å²) in [6.07, 6.45) is 1.96. The second kappa shape index (κ2) is 11.4. The monoisotopic (exact) mass is 562 g/mol. The lowest BCUT2D eigenvalue weighted by molar-refractivity contribution is -0.676. The van der Waals surface area contributed by atoms with Gasteiger partial charge in [-0.3, -0.25) is 14.5 Å². The third kappa shape index (κ3) is 5.71. The van der Waals surface area contributed by atoms with Crippen LogP contribution >= 0.6 is 23.1 Å². The number of aromatic nitrogens is 1. The van der Waals surface area contributed by atoms with Crippen LogP contribution in [0.5, 0.6) is 0 Å². The molecule has 0 saturated carbocycles. The van der Waals surface area contributed by atoms with Gasteiger partial charge >= 0.3 is 5.82 Å². The van der Waals surface area contributed by atoms with Crippen molar-refractivity contribution in [2.75, 3.05) is 24.7 Å². The van der Waals surface area contributed by atoms with Crippen molar-refractivity contribution in [3.63, 3.8) is 0 Å². The third-order valence-electron chi connectivity index (χ3n) is 6.38. The summed E-state index contributed by atoms with van der Waals surface area (Å²) >= 11 is 2.88. The fourth-order valence-electron chi connectivity index (χ4n) is 4.41. The van der Waals surface area contributed by atoms with Gasteiger partial charge in [0.1, 0.15) is 23.6 Å². The van der Waals surface area contributed by atoms with Gasteiger partial charge in [-0.15, -0.1) is 23.1 Å². The molecule has 1 unspecified atom stereocenters. The van der Waals surface area contributed by atoms with Crippen LogP contribution < -0.4 is 19.9 Å². The Kier molecular flexibility index (Phi) is 7.75. The number of nitrogens with zero attached hydrogens (tertiary/aromatic N) is 5. The van der Waals surface area contributed by atoms with Crippen LogP contribution in [0.4, 0.5) is 17.2 Å². The minimum absolute atomic E-state index is 0.147. The number of pyridine rings is 1. The number of hydrogen-bond donors (Lipinski definition) is 1. The molecule has 5 rings (SSSR count). The van der Waals surface area contributed by atoms with Gasteiger partial charge in [0, 0.05) is 42.1 Å². The largest absolute Gasteiger partial charge is 0.543 e. The normalized spacial score (nSPS) is 18.6. The highest BCUT2D eigenvalue weighted by atomic mass is 32.2. The van der Waals surface area contributed by atoms with Gasteiger partial charge < -0.3 is 20.1 Å². The van der Waals surface area contributed by atoms with Gasteiger partial charge in [0.25, 0.3) is 5.91 Å². The van der Waals surface area contributed by atoms with Crippen LogP contribution in [0, 0.1) is 0 Å². The maximum Gasteiger partial charge on any atom is 0.350 e. The Bertz CT molecular complexity index is 1450. The predicted octanol–water partition coefficient (Wildman–Crippen LogP) is 2.16. The fourth-order valence-corrected chi connectivity index (χ4v) is 6.45. The summed E-state index contributed by atoms with van der Waals surface area (Å²) in [5.41, 5.74) is 2.10. The summed E-state index contributed by atoms with van der Waals surface area (Å²) in [6, 6.07) is 16.0. The van der Waals surface area contributed by atoms with Gasteiger partial charge in [-0.1, -0.05) is 12.1 Å². The van der Waals surface area contributed by atoms with Gasteiger partial charge in [0.15, 0.2) is 0 Å². The molecule has 2 amide bonds. The molecule has 4 heterocycles. The number of carbonyl (C=O) groups excluding carboxylic acids is 3. The Labute approximate surface area is 233 Å². The molecule has 1 saturated heterocycles. The molecule has 0 aliphatic carbocycles. The molecule has 0 spiro atoms. The first-order valence-electron chi connectivity index (χ1n) is 12.2. The van der Waals surface area contributed by atoms with E-state index in [4.69, 9.17) is 0 Å². The van der Waals surface area contributed by atoms with Crippen molar-refractivity contribution in [3.8, 4) is 0 Å². The smallest absolute Gasteiger partial charge is 0.350 e. The lowest BCUT2D eigenvalue weighted by atomic mass is 10.0. The van der Waals surface area contributed by atoms with Crippen LogP contribution in [0.2, 0.25) is 0 Å². The van der Waals surface area contributed by atoms with E-state index in [9.17, 15) is 19.5 Å². The molecule has 39 heavy (non-hydrogen) atoms. The molecule has 1 aromatic carbocycles. The zero-order valence-corrected chi connectivity index (χ0v) is 22.9. The first-order valence-corrected chi connectivity index (χ1v) is 14.1. The number of thioether (sulfide) groups is 1. The molecule has 2 aliphatic rings. The molecule has 1 fully saturated rings. The van der Waals surface area contributed by atoms with Crippen LogP contribution in [0.15, 0.2) is 87.7 Å². The van der Waals surface area contributed by atoms with Gasteiger partial charge in [0.2, 0.25) is 5.91 Å². The summed E-state index contributed by atoms with van der Waals surface area (Å²) < 4.78 is 1.78. The van der Waals surface area contributed by atoms with E-state index >= 15 is 0 Å². The summed E-state index contributed by atoms with van der Waals surface area (Å²) in [6.45, 7) is 0.191. The summed E-state index contributed by atoms with van der Waals surface area (Å²) in [4.78, 5) is 41.7. The Morgan fingerprint density at radius 2 is 1.92 bits per heavy atom. The van der Waals surface area contributed by atoms with Crippen molar-refractivity contribution in [2.24, 2.45) is 10.2 Å². The van der Waals surface area contributed by atoms with Crippen LogP contribution in [0.25, 0.3) is 0 Å². The zero-order valence-electron chi connectivity index (χ0n) is 21.3. The SMILES string of the molecule is CN(C)c1ccc(N=Nc2cccc[n+]2CC2=C(C(=O)[O-])N3C(=O)[C@@H](NC(=O)Cc4cccs4)C3SC2)cc1. The van der Waals surface area contributed by atoms with Gasteiger partial charge in [-0.25, -0.2) is 4.57 Å². The minimum Gasteiger partial charge on any atom is -0.543 e. The number of thiophene rings is 1. The molecule has 3 aromatic rings. The average molecular weight is 563 g/mol. The van der Waals surface area contributed by atoms with E-state index in [2.05, 4.69) is 15.5 Å². The lowest BCUT2D eigenvalue weighted by Crippen LogP contribution is -2.71. The molecular weight excluding hydrogens is 536 g/mol. The first kappa shape index (κ1) is 26.6. The van der Waals surface area contributed by atoms with Crippen LogP contribution in [-0.2, 0) is 27.3 Å². The number of anilines is 1. The Morgan fingerprint density at radius 1 is 1.13 bits per heavy atom. The zero-order chi connectivity index (χ0) is 27.5. The number of benzene rings is 1. The Morgan fingerprint density at radius 3 is 2.62 bits per heavy atom. The highest BCUT2D eigenvalue weighted by Crippen LogP contribution is 2.40. The number of aliphatic carboxylic acids is 1. The highest BCUT2D eigenvalue weighted by molar-refractivity contribution is 8.00. The average Bonchev–Trinajstić information content (AvgIpc) is 3.44. The highest BCUT2D eigenvalue weighted by Gasteiger charge is 2.53. The molecule has 2 aromatic heterocycles. The number of carbonyl (C=O) groups is 3. The number of β-lactam (4-membered cyclic amide) rings is 1. The second-order valence-electron chi connectivity index (χ2n) is 9.25. The summed E-state index contributed by atoms with van der Waals surface area (Å²) in [5, 5.41) is 25.1. The Balaban J connectivity index is 1.32. The standard InChI is InChI=1S/C27H26N6O4S2/c1-31(2)19-10-8-18(9-11-19)29-30-21-7-3-4-12-32(21)15-17-16-39-26-23(25(35)33(26)24(17)27(36)37)28-22(34)14-20-6-5-13-38-20/h3-13,23,26H,14-16H2,1-2H3,(H-,28,34,36,37)/t23-,26?/m1/s1. The van der Waals surface area contributed by atoms with Crippen molar-refractivity contribution in [1.29, 1.82) is 0 Å². The molecule has 2 aliphatic heterocycles. The summed E-state index contributed by atoms with van der Waals surface area (Å²) in [5.74, 6) is -1.26. The maximum atomic E-state index is 13.0. The van der Waals surface area contributed by atoms with Crippen molar-refractivity contribution < 1.29 is 24.1 Å². The van der Waals surface area contributed by atoms with Crippen molar-refractivity contribution in [3.05, 3.63) is 82.3 Å². The molecule has 1 N–H and O–H groups in total. The van der Waals surface area contributed by atoms with Crippen molar-refractivity contribution in [1.82, 2.24) is 10.2 Å². The van der Waals surface area contributed by atoms with E-state index in [0.717, 1.165) is 10.6 Å². The van der Waals surface area contributed by atoms with E-state index in [1.54, 1.807) is 16.8 Å². The molecule has 2 atom stereocenters. The van der Waals surface area contributed by atoms with Crippen LogP contribution in [-0.4, -0.2) is 53.9 Å². The number of hydrogen-bond acceptors (Lipinski definition) is 9. The predicted molar refractivity (Wildman–Crippen MR) is 147 cm³/mol. The molecule has 0 bridgehead atoms. The Hall–Kier alpha value is -4.03. The summed E-state index contributed by atoms with van der Waals surface area (Å²) in [7, 11) is 3.92. The number of carboxylic acid groups (broad SMARTS) is 1. The van der Waals surface area contributed by atoms with Gasteiger partial charge in [-0.05, 0) is 46.9 Å². The quantitative estimate of drug-likeness (QED) is 0.242. The number of rotatable bonds is 9. The fraction of sp³-hybridized carbons (Fsp3) is 0.259. The van der Waals surface area contributed by atoms with E-state index in [-0.39, 0.29) is 24.6 Å². The van der Waals surface area contributed by atoms with Crippen molar-refractivity contribution in [2.45, 2.75) is 24.4 Å². The van der Waals surface area contributed by atoms with Gasteiger partial charge in [0.05, 0.1) is 29.4 Å². The van der Waals surface area contributed by atoms with Gasteiger partial charge in [-0.2, -0.15) is 0 Å². The van der Waals surface area contributed by atoms with E-state index in [1.807, 2.05) is 72.9 Å². The minimum atomic E-state index is -1.42. The maximum absolute atomic E-state index is 13.0. The molecule has 200 valence electrons. The molecule has 10 nitrogen and oxygen atoms in total. The number of nitrogens with one attached hydrogen (secondary N) is 1. The molecule has 0 radical (unpaired) electrons.